The van der Waals surface area contributed by atoms with Crippen LogP contribution in [0.4, 0.5) is 5.82 Å². The topological polar surface area (TPSA) is 71.0 Å². The lowest BCUT2D eigenvalue weighted by atomic mass is 10.1. The van der Waals surface area contributed by atoms with Gasteiger partial charge in [-0.1, -0.05) is 41.6 Å². The van der Waals surface area contributed by atoms with Crippen LogP contribution in [0, 0.1) is 0 Å². The van der Waals surface area contributed by atoms with Crippen LogP contribution in [0.3, 0.4) is 0 Å². The zero-order valence-electron chi connectivity index (χ0n) is 17.7. The second kappa shape index (κ2) is 11.7. The molecule has 0 unspecified atom stereocenters. The number of anilines is 1. The number of hydrogen-bond donors (Lipinski definition) is 1. The molecule has 0 fully saturated rings. The molecule has 3 rings (SSSR count). The van der Waals surface area contributed by atoms with Crippen LogP contribution in [0.2, 0.25) is 5.15 Å². The maximum atomic E-state index is 12.3. The summed E-state index contributed by atoms with van der Waals surface area (Å²) >= 11 is 7.71. The summed E-state index contributed by atoms with van der Waals surface area (Å²) in [4.78, 5) is 27.7. The van der Waals surface area contributed by atoms with E-state index in [0.29, 0.717) is 34.6 Å². The van der Waals surface area contributed by atoms with Gasteiger partial charge in [-0.15, -0.1) is 0 Å². The molecule has 0 radical (unpaired) electrons. The predicted molar refractivity (Wildman–Crippen MR) is 127 cm³/mol. The molecule has 0 saturated carbocycles. The first-order valence-corrected chi connectivity index (χ1v) is 11.6. The molecule has 1 N–H and O–H groups in total. The van der Waals surface area contributed by atoms with E-state index in [1.54, 1.807) is 12.3 Å². The lowest BCUT2D eigenvalue weighted by Gasteiger charge is -2.20. The number of rotatable bonds is 10. The lowest BCUT2D eigenvalue weighted by molar-refractivity contribution is 0.0954. The Balaban J connectivity index is 1.53. The van der Waals surface area contributed by atoms with E-state index in [1.807, 2.05) is 42.5 Å². The van der Waals surface area contributed by atoms with Crippen LogP contribution in [0.5, 0.6) is 0 Å². The van der Waals surface area contributed by atoms with Crippen molar-refractivity contribution in [3.63, 3.8) is 0 Å². The summed E-state index contributed by atoms with van der Waals surface area (Å²) in [7, 11) is 0. The summed E-state index contributed by atoms with van der Waals surface area (Å²) in [6.07, 6.45) is 2.46. The summed E-state index contributed by atoms with van der Waals surface area (Å²) in [5.41, 5.74) is 2.68. The Hall–Kier alpha value is -2.64. The number of halogens is 1. The minimum Gasteiger partial charge on any atom is -0.357 e. The zero-order chi connectivity index (χ0) is 22.1. The second-order valence-electron chi connectivity index (χ2n) is 6.82. The molecule has 0 aliphatic carbocycles. The molecule has 2 aromatic heterocycles. The van der Waals surface area contributed by atoms with Gasteiger partial charge in [0, 0.05) is 55.3 Å². The number of carbonyl (C=O) groups excluding carboxylic acids is 1. The highest BCUT2D eigenvalue weighted by Gasteiger charge is 2.10. The number of carbonyl (C=O) groups is 1. The van der Waals surface area contributed by atoms with Crippen LogP contribution in [-0.2, 0) is 12.2 Å². The number of aromatic nitrogens is 3. The Labute approximate surface area is 192 Å². The molecule has 8 heteroatoms. The van der Waals surface area contributed by atoms with Crippen molar-refractivity contribution < 1.29 is 4.79 Å². The highest BCUT2D eigenvalue weighted by molar-refractivity contribution is 7.98. The minimum atomic E-state index is -0.0860. The minimum absolute atomic E-state index is 0.0860. The lowest BCUT2D eigenvalue weighted by Crippen LogP contribution is -2.25. The van der Waals surface area contributed by atoms with Gasteiger partial charge in [-0.05, 0) is 43.7 Å². The molecular weight excluding hydrogens is 430 g/mol. The van der Waals surface area contributed by atoms with Gasteiger partial charge in [0.25, 0.3) is 5.91 Å². The number of nitrogens with one attached hydrogen (secondary N) is 1. The van der Waals surface area contributed by atoms with Crippen molar-refractivity contribution in [1.29, 1.82) is 0 Å². The van der Waals surface area contributed by atoms with Crippen LogP contribution in [0.1, 0.15) is 35.5 Å². The first-order valence-electron chi connectivity index (χ1n) is 10.3. The largest absolute Gasteiger partial charge is 0.357 e. The molecule has 31 heavy (non-hydrogen) atoms. The maximum absolute atomic E-state index is 12.3. The van der Waals surface area contributed by atoms with Crippen molar-refractivity contribution in [2.24, 2.45) is 0 Å². The molecule has 1 amide bonds. The molecule has 162 valence electrons. The Bertz CT molecular complexity index is 981. The summed E-state index contributed by atoms with van der Waals surface area (Å²) < 4.78 is 0. The number of benzene rings is 1. The molecule has 1 aromatic carbocycles. The molecule has 0 saturated heterocycles. The van der Waals surface area contributed by atoms with Gasteiger partial charge in [0.15, 0.2) is 5.16 Å². The summed E-state index contributed by atoms with van der Waals surface area (Å²) in [5, 5.41) is 4.02. The summed E-state index contributed by atoms with van der Waals surface area (Å²) in [6, 6.07) is 15.2. The van der Waals surface area contributed by atoms with E-state index in [0.717, 1.165) is 30.2 Å². The quantitative estimate of drug-likeness (QED) is 0.273. The number of thioether (sulfide) groups is 1. The van der Waals surface area contributed by atoms with Gasteiger partial charge in [0.1, 0.15) is 11.0 Å². The SMILES string of the molecule is CCN(CC)c1cc(Cl)nc(SCc2ccc(C(=O)NCCc3ccccn3)cc2)n1. The molecule has 0 bridgehead atoms. The van der Waals surface area contributed by atoms with Gasteiger partial charge >= 0.3 is 0 Å². The Morgan fingerprint density at radius 2 is 1.87 bits per heavy atom. The van der Waals surface area contributed by atoms with Crippen molar-refractivity contribution in [3.8, 4) is 0 Å². The molecule has 0 aliphatic rings. The van der Waals surface area contributed by atoms with Gasteiger partial charge in [-0.2, -0.15) is 0 Å². The van der Waals surface area contributed by atoms with Crippen LogP contribution < -0.4 is 10.2 Å². The first kappa shape index (κ1) is 23.0. The number of pyridine rings is 1. The van der Waals surface area contributed by atoms with Gasteiger partial charge in [-0.3, -0.25) is 9.78 Å². The van der Waals surface area contributed by atoms with E-state index in [9.17, 15) is 4.79 Å². The normalized spacial score (nSPS) is 10.7. The van der Waals surface area contributed by atoms with Crippen molar-refractivity contribution >= 4 is 35.1 Å². The molecule has 0 spiro atoms. The molecular formula is C23H26ClN5OS. The number of amides is 1. The zero-order valence-corrected chi connectivity index (χ0v) is 19.3. The third-order valence-corrected chi connectivity index (χ3v) is 5.84. The Morgan fingerprint density at radius 3 is 2.55 bits per heavy atom. The first-order chi connectivity index (χ1) is 15.1. The summed E-state index contributed by atoms with van der Waals surface area (Å²) in [5.74, 6) is 1.45. The van der Waals surface area contributed by atoms with Crippen molar-refractivity contribution in [3.05, 3.63) is 76.7 Å². The van der Waals surface area contributed by atoms with E-state index < -0.39 is 0 Å². The molecule has 6 nitrogen and oxygen atoms in total. The average Bonchev–Trinajstić information content (AvgIpc) is 2.79. The molecule has 3 aromatic rings. The molecule has 2 heterocycles. The van der Waals surface area contributed by atoms with Crippen LogP contribution in [0.15, 0.2) is 59.9 Å². The monoisotopic (exact) mass is 455 g/mol. The predicted octanol–water partition coefficient (Wildman–Crippen LogP) is 4.64. The standard InChI is InChI=1S/C23H26ClN5OS/c1-3-29(4-2)21-15-20(24)27-23(28-21)31-16-17-8-10-18(11-9-17)22(30)26-14-12-19-7-5-6-13-25-19/h5-11,13,15H,3-4,12,14,16H2,1-2H3,(H,26,30). The van der Waals surface area contributed by atoms with Crippen LogP contribution in [0.25, 0.3) is 0 Å². The third kappa shape index (κ3) is 6.94. The highest BCUT2D eigenvalue weighted by atomic mass is 35.5. The molecule has 0 aliphatic heterocycles. The number of hydrogen-bond acceptors (Lipinski definition) is 6. The average molecular weight is 456 g/mol. The highest BCUT2D eigenvalue weighted by Crippen LogP contribution is 2.24. The van der Waals surface area contributed by atoms with Crippen LogP contribution >= 0.6 is 23.4 Å². The van der Waals surface area contributed by atoms with E-state index in [1.165, 1.54) is 11.8 Å². The van der Waals surface area contributed by atoms with Crippen molar-refractivity contribution in [2.45, 2.75) is 31.2 Å². The number of nitrogens with zero attached hydrogens (tertiary/aromatic N) is 4. The molecule has 0 atom stereocenters. The Kier molecular flexibility index (Phi) is 8.67. The fourth-order valence-electron chi connectivity index (χ4n) is 3.01. The summed E-state index contributed by atoms with van der Waals surface area (Å²) in [6.45, 7) is 6.44. The van der Waals surface area contributed by atoms with Crippen molar-refractivity contribution in [1.82, 2.24) is 20.3 Å². The van der Waals surface area contributed by atoms with E-state index in [4.69, 9.17) is 11.6 Å². The third-order valence-electron chi connectivity index (χ3n) is 4.73. The second-order valence-corrected chi connectivity index (χ2v) is 8.15. The maximum Gasteiger partial charge on any atom is 0.251 e. The smallest absolute Gasteiger partial charge is 0.251 e. The Morgan fingerprint density at radius 1 is 1.10 bits per heavy atom. The fraction of sp³-hybridized carbons (Fsp3) is 0.304. The van der Waals surface area contributed by atoms with E-state index >= 15 is 0 Å². The van der Waals surface area contributed by atoms with Gasteiger partial charge in [0.05, 0.1) is 0 Å². The van der Waals surface area contributed by atoms with Gasteiger partial charge in [-0.25, -0.2) is 9.97 Å². The van der Waals surface area contributed by atoms with E-state index in [-0.39, 0.29) is 5.91 Å². The fourth-order valence-corrected chi connectivity index (χ4v) is 4.05. The van der Waals surface area contributed by atoms with Crippen molar-refractivity contribution in [2.75, 3.05) is 24.5 Å². The van der Waals surface area contributed by atoms with Gasteiger partial charge < -0.3 is 10.2 Å². The van der Waals surface area contributed by atoms with Crippen LogP contribution in [-0.4, -0.2) is 40.5 Å². The van der Waals surface area contributed by atoms with E-state index in [2.05, 4.69) is 39.0 Å². The van der Waals surface area contributed by atoms with Gasteiger partial charge in [0.2, 0.25) is 0 Å².